The number of benzene rings is 1. The maximum absolute atomic E-state index is 12.3. The van der Waals surface area contributed by atoms with Crippen molar-refractivity contribution in [1.82, 2.24) is 4.90 Å². The number of hydrogen-bond donors (Lipinski definition) is 0. The van der Waals surface area contributed by atoms with Crippen LogP contribution in [0.4, 0.5) is 0 Å². The van der Waals surface area contributed by atoms with Gasteiger partial charge in [0, 0.05) is 18.1 Å². The fourth-order valence-corrected chi connectivity index (χ4v) is 2.32. The molecule has 7 heteroatoms. The molecule has 0 saturated heterocycles. The van der Waals surface area contributed by atoms with Gasteiger partial charge < -0.3 is 14.4 Å². The molecular formula is C16H21Cl2NO4. The predicted molar refractivity (Wildman–Crippen MR) is 90.1 cm³/mol. The quantitative estimate of drug-likeness (QED) is 0.631. The third kappa shape index (κ3) is 7.10. The first-order valence-corrected chi connectivity index (χ1v) is 8.16. The summed E-state index contributed by atoms with van der Waals surface area (Å²) in [5.41, 5.74) is 0. The van der Waals surface area contributed by atoms with Gasteiger partial charge in [0.1, 0.15) is 5.75 Å². The van der Waals surface area contributed by atoms with Crippen molar-refractivity contribution in [3.8, 4) is 5.75 Å². The zero-order valence-corrected chi connectivity index (χ0v) is 14.8. The third-order valence-corrected chi connectivity index (χ3v) is 3.72. The Morgan fingerprint density at radius 3 is 2.57 bits per heavy atom. The van der Waals surface area contributed by atoms with Crippen LogP contribution in [0.1, 0.15) is 26.2 Å². The highest BCUT2D eigenvalue weighted by Gasteiger charge is 2.16. The van der Waals surface area contributed by atoms with Crippen molar-refractivity contribution in [1.29, 1.82) is 0 Å². The van der Waals surface area contributed by atoms with Gasteiger partial charge >= 0.3 is 5.97 Å². The minimum atomic E-state index is -0.346. The van der Waals surface area contributed by atoms with E-state index in [0.29, 0.717) is 28.9 Å². The van der Waals surface area contributed by atoms with Crippen LogP contribution in [0.15, 0.2) is 18.2 Å². The van der Waals surface area contributed by atoms with Gasteiger partial charge in [0.25, 0.3) is 5.91 Å². The Balaban J connectivity index is 2.59. The number of halogens is 2. The van der Waals surface area contributed by atoms with E-state index < -0.39 is 0 Å². The Morgan fingerprint density at radius 1 is 1.22 bits per heavy atom. The summed E-state index contributed by atoms with van der Waals surface area (Å²) in [6, 6.07) is 4.80. The topological polar surface area (TPSA) is 55.8 Å². The fraction of sp³-hybridized carbons (Fsp3) is 0.500. The van der Waals surface area contributed by atoms with Gasteiger partial charge in [0.05, 0.1) is 18.6 Å². The maximum Gasteiger partial charge on any atom is 0.307 e. The average Bonchev–Trinajstić information content (AvgIpc) is 2.53. The van der Waals surface area contributed by atoms with Crippen LogP contribution in [0.5, 0.6) is 5.75 Å². The molecule has 0 radical (unpaired) electrons. The van der Waals surface area contributed by atoms with E-state index in [4.69, 9.17) is 27.9 Å². The van der Waals surface area contributed by atoms with E-state index in [1.165, 1.54) is 7.11 Å². The van der Waals surface area contributed by atoms with Crippen LogP contribution in [0.25, 0.3) is 0 Å². The lowest BCUT2D eigenvalue weighted by Gasteiger charge is -2.22. The van der Waals surface area contributed by atoms with E-state index >= 15 is 0 Å². The lowest BCUT2D eigenvalue weighted by atomic mass is 10.3. The van der Waals surface area contributed by atoms with E-state index in [9.17, 15) is 9.59 Å². The number of methoxy groups -OCH3 is 1. The Hall–Kier alpha value is -1.46. The minimum absolute atomic E-state index is 0.147. The monoisotopic (exact) mass is 361 g/mol. The molecule has 0 atom stereocenters. The van der Waals surface area contributed by atoms with Crippen molar-refractivity contribution < 1.29 is 19.1 Å². The number of esters is 1. The summed E-state index contributed by atoms with van der Waals surface area (Å²) in [5, 5.41) is 0.844. The first-order chi connectivity index (χ1) is 11.0. The predicted octanol–water partition coefficient (Wildman–Crippen LogP) is 3.56. The molecule has 1 aromatic carbocycles. The minimum Gasteiger partial charge on any atom is -0.482 e. The normalized spacial score (nSPS) is 10.3. The number of hydrogen-bond acceptors (Lipinski definition) is 4. The Labute approximate surface area is 146 Å². The van der Waals surface area contributed by atoms with E-state index in [1.807, 2.05) is 6.92 Å². The van der Waals surface area contributed by atoms with Crippen LogP contribution in [0.2, 0.25) is 10.0 Å². The molecule has 0 N–H and O–H groups in total. The zero-order valence-electron chi connectivity index (χ0n) is 13.3. The summed E-state index contributed by atoms with van der Waals surface area (Å²) in [6.07, 6.45) is 1.97. The van der Waals surface area contributed by atoms with Crippen molar-refractivity contribution in [3.05, 3.63) is 28.2 Å². The summed E-state index contributed by atoms with van der Waals surface area (Å²) in [4.78, 5) is 25.1. The lowest BCUT2D eigenvalue weighted by Crippen LogP contribution is -2.37. The molecule has 0 unspecified atom stereocenters. The smallest absolute Gasteiger partial charge is 0.307 e. The molecule has 0 fully saturated rings. The molecule has 0 heterocycles. The van der Waals surface area contributed by atoms with Crippen molar-refractivity contribution in [2.75, 3.05) is 26.8 Å². The molecule has 0 aliphatic heterocycles. The molecule has 1 aromatic rings. The van der Waals surface area contributed by atoms with Gasteiger partial charge in [-0.1, -0.05) is 36.5 Å². The molecule has 0 aliphatic rings. The number of unbranched alkanes of at least 4 members (excludes halogenated alkanes) is 1. The Bertz CT molecular complexity index is 537. The highest BCUT2D eigenvalue weighted by Crippen LogP contribution is 2.27. The zero-order chi connectivity index (χ0) is 17.2. The van der Waals surface area contributed by atoms with E-state index in [-0.39, 0.29) is 24.9 Å². The molecule has 5 nitrogen and oxygen atoms in total. The number of carbonyl (C=O) groups is 2. The first-order valence-electron chi connectivity index (χ1n) is 7.40. The molecule has 0 spiro atoms. The van der Waals surface area contributed by atoms with Crippen molar-refractivity contribution >= 4 is 35.1 Å². The number of nitrogens with zero attached hydrogens (tertiary/aromatic N) is 1. The van der Waals surface area contributed by atoms with Crippen LogP contribution in [0.3, 0.4) is 0 Å². The average molecular weight is 362 g/mol. The van der Waals surface area contributed by atoms with E-state index in [1.54, 1.807) is 23.1 Å². The standard InChI is InChI=1S/C16H21Cl2NO4/c1-3-4-8-19(9-7-16(21)22-2)15(20)11-23-14-6-5-12(17)10-13(14)18/h5-6,10H,3-4,7-9,11H2,1-2H3. The van der Waals surface area contributed by atoms with Crippen molar-refractivity contribution in [2.45, 2.75) is 26.2 Å². The van der Waals surface area contributed by atoms with Crippen LogP contribution in [0, 0.1) is 0 Å². The van der Waals surface area contributed by atoms with Gasteiger partial charge in [-0.3, -0.25) is 9.59 Å². The summed E-state index contributed by atoms with van der Waals surface area (Å²) in [7, 11) is 1.33. The van der Waals surface area contributed by atoms with Crippen LogP contribution >= 0.6 is 23.2 Å². The van der Waals surface area contributed by atoms with Crippen molar-refractivity contribution in [2.24, 2.45) is 0 Å². The SMILES string of the molecule is CCCCN(CCC(=O)OC)C(=O)COc1ccc(Cl)cc1Cl. The summed E-state index contributed by atoms with van der Waals surface area (Å²) >= 11 is 11.8. The van der Waals surface area contributed by atoms with Crippen LogP contribution in [-0.4, -0.2) is 43.6 Å². The second kappa shape index (κ2) is 10.3. The highest BCUT2D eigenvalue weighted by molar-refractivity contribution is 6.35. The number of carbonyl (C=O) groups excluding carboxylic acids is 2. The summed E-state index contributed by atoms with van der Waals surface area (Å²) in [5.74, 6) is -0.151. The molecular weight excluding hydrogens is 341 g/mol. The van der Waals surface area contributed by atoms with Gasteiger partial charge in [-0.05, 0) is 24.6 Å². The molecule has 23 heavy (non-hydrogen) atoms. The van der Waals surface area contributed by atoms with Gasteiger partial charge in [-0.15, -0.1) is 0 Å². The van der Waals surface area contributed by atoms with E-state index in [2.05, 4.69) is 4.74 Å². The second-order valence-electron chi connectivity index (χ2n) is 4.92. The molecule has 128 valence electrons. The maximum atomic E-state index is 12.3. The molecule has 0 aromatic heterocycles. The van der Waals surface area contributed by atoms with Gasteiger partial charge in [-0.2, -0.15) is 0 Å². The molecule has 1 amide bonds. The summed E-state index contributed by atoms with van der Waals surface area (Å²) < 4.78 is 10.1. The first kappa shape index (κ1) is 19.6. The lowest BCUT2D eigenvalue weighted by molar-refractivity contribution is -0.142. The second-order valence-corrected chi connectivity index (χ2v) is 5.77. The number of rotatable bonds is 9. The number of ether oxygens (including phenoxy) is 2. The van der Waals surface area contributed by atoms with Crippen LogP contribution in [-0.2, 0) is 14.3 Å². The van der Waals surface area contributed by atoms with Crippen molar-refractivity contribution in [3.63, 3.8) is 0 Å². The Morgan fingerprint density at radius 2 is 1.96 bits per heavy atom. The number of amides is 1. The Kier molecular flexibility index (Phi) is 8.81. The highest BCUT2D eigenvalue weighted by atomic mass is 35.5. The van der Waals surface area contributed by atoms with Gasteiger partial charge in [0.15, 0.2) is 6.61 Å². The fourth-order valence-electron chi connectivity index (χ4n) is 1.86. The third-order valence-electron chi connectivity index (χ3n) is 3.19. The molecule has 0 aliphatic carbocycles. The summed E-state index contributed by atoms with van der Waals surface area (Å²) in [6.45, 7) is 2.77. The van der Waals surface area contributed by atoms with Crippen LogP contribution < -0.4 is 4.74 Å². The molecule has 0 bridgehead atoms. The molecule has 0 saturated carbocycles. The molecule has 1 rings (SSSR count). The van der Waals surface area contributed by atoms with Gasteiger partial charge in [-0.25, -0.2) is 0 Å². The van der Waals surface area contributed by atoms with Gasteiger partial charge in [0.2, 0.25) is 0 Å². The largest absolute Gasteiger partial charge is 0.482 e. The van der Waals surface area contributed by atoms with E-state index in [0.717, 1.165) is 12.8 Å².